The number of amides is 1. The minimum absolute atomic E-state index is 0.208. The van der Waals surface area contributed by atoms with Gasteiger partial charge in [-0.15, -0.1) is 13.2 Å². The van der Waals surface area contributed by atoms with Crippen molar-refractivity contribution in [2.75, 3.05) is 13.1 Å². The Morgan fingerprint density at radius 2 is 2.00 bits per heavy atom. The van der Waals surface area contributed by atoms with E-state index in [9.17, 15) is 4.79 Å². The molecule has 0 bridgehead atoms. The van der Waals surface area contributed by atoms with Crippen LogP contribution in [0.4, 0.5) is 0 Å². The summed E-state index contributed by atoms with van der Waals surface area (Å²) in [5, 5.41) is 3.67. The van der Waals surface area contributed by atoms with Crippen LogP contribution in [-0.2, 0) is 4.79 Å². The molecular weight excluding hydrogens is 296 g/mol. The molecule has 1 N–H and O–H groups in total. The molecule has 1 unspecified atom stereocenters. The highest BCUT2D eigenvalue weighted by molar-refractivity contribution is 5.86. The second kappa shape index (κ2) is 6.56. The van der Waals surface area contributed by atoms with Gasteiger partial charge in [0.25, 0.3) is 0 Å². The second-order valence-corrected chi connectivity index (χ2v) is 7.26. The largest absolute Gasteiger partial charge is 0.336 e. The average molecular weight is 324 g/mol. The number of piperazine rings is 1. The summed E-state index contributed by atoms with van der Waals surface area (Å²) in [7, 11) is 0. The number of hydrogen-bond acceptors (Lipinski definition) is 2. The summed E-state index contributed by atoms with van der Waals surface area (Å²) in [6, 6.07) is 6.90. The topological polar surface area (TPSA) is 32.3 Å². The molecule has 1 amide bonds. The Morgan fingerprint density at radius 1 is 1.29 bits per heavy atom. The summed E-state index contributed by atoms with van der Waals surface area (Å²) in [6.07, 6.45) is 6.10. The number of benzene rings is 1. The van der Waals surface area contributed by atoms with Crippen molar-refractivity contribution in [2.24, 2.45) is 5.41 Å². The molecule has 0 radical (unpaired) electrons. The highest BCUT2D eigenvalue weighted by Crippen LogP contribution is 2.47. The van der Waals surface area contributed by atoms with Crippen LogP contribution in [0.15, 0.2) is 43.5 Å². The first-order valence-electron chi connectivity index (χ1n) is 8.86. The van der Waals surface area contributed by atoms with Crippen LogP contribution in [0, 0.1) is 19.3 Å². The molecule has 128 valence electrons. The number of hydrogen-bond donors (Lipinski definition) is 1. The first-order chi connectivity index (χ1) is 11.5. The van der Waals surface area contributed by atoms with E-state index >= 15 is 0 Å². The van der Waals surface area contributed by atoms with Gasteiger partial charge < -0.3 is 10.2 Å². The highest BCUT2D eigenvalue weighted by atomic mass is 16.2. The van der Waals surface area contributed by atoms with Crippen LogP contribution >= 0.6 is 0 Å². The van der Waals surface area contributed by atoms with Crippen LogP contribution in [0.5, 0.6) is 0 Å². The first kappa shape index (κ1) is 17.0. The summed E-state index contributed by atoms with van der Waals surface area (Å²) in [5.74, 6) is 0.282. The Hall–Kier alpha value is -1.87. The van der Waals surface area contributed by atoms with Gasteiger partial charge in [-0.2, -0.15) is 0 Å². The van der Waals surface area contributed by atoms with E-state index in [0.717, 1.165) is 32.4 Å². The minimum Gasteiger partial charge on any atom is -0.336 e. The summed E-state index contributed by atoms with van der Waals surface area (Å²) < 4.78 is 0. The molecule has 0 spiro atoms. The number of allylic oxidation sites excluding steroid dienone is 2. The van der Waals surface area contributed by atoms with Crippen LogP contribution in [0.3, 0.4) is 0 Å². The Bertz CT molecular complexity index is 654. The molecule has 3 nitrogen and oxygen atoms in total. The maximum atomic E-state index is 13.2. The van der Waals surface area contributed by atoms with Gasteiger partial charge in [-0.3, -0.25) is 4.79 Å². The third-order valence-electron chi connectivity index (χ3n) is 5.87. The summed E-state index contributed by atoms with van der Waals surface area (Å²) in [5.41, 5.74) is 3.61. The number of nitrogens with zero attached hydrogens (tertiary/aromatic N) is 1. The zero-order valence-electron chi connectivity index (χ0n) is 14.8. The van der Waals surface area contributed by atoms with Gasteiger partial charge in [-0.05, 0) is 49.8 Å². The van der Waals surface area contributed by atoms with Crippen LogP contribution in [0.1, 0.15) is 42.0 Å². The quantitative estimate of drug-likeness (QED) is 0.838. The molecule has 2 atom stereocenters. The van der Waals surface area contributed by atoms with Crippen molar-refractivity contribution < 1.29 is 4.79 Å². The number of nitrogens with one attached hydrogen (secondary N) is 1. The molecule has 0 aliphatic carbocycles. The van der Waals surface area contributed by atoms with E-state index in [0.29, 0.717) is 0 Å². The highest BCUT2D eigenvalue weighted by Gasteiger charge is 2.53. The molecule has 2 heterocycles. The Morgan fingerprint density at radius 3 is 2.67 bits per heavy atom. The Kier molecular flexibility index (Phi) is 4.64. The van der Waals surface area contributed by atoms with Gasteiger partial charge in [0.1, 0.15) is 0 Å². The lowest BCUT2D eigenvalue weighted by molar-refractivity contribution is -0.137. The normalized spacial score (nSPS) is 25.4. The van der Waals surface area contributed by atoms with E-state index in [1.165, 1.54) is 16.7 Å². The molecule has 0 aromatic heterocycles. The van der Waals surface area contributed by atoms with E-state index in [4.69, 9.17) is 0 Å². The molecule has 0 saturated carbocycles. The van der Waals surface area contributed by atoms with Gasteiger partial charge in [0.15, 0.2) is 0 Å². The van der Waals surface area contributed by atoms with Crippen molar-refractivity contribution in [2.45, 2.75) is 45.2 Å². The molecule has 2 aliphatic heterocycles. The average Bonchev–Trinajstić information content (AvgIpc) is 2.84. The van der Waals surface area contributed by atoms with Crippen molar-refractivity contribution in [3.8, 4) is 0 Å². The van der Waals surface area contributed by atoms with Crippen LogP contribution in [0.25, 0.3) is 0 Å². The number of carbonyl (C=O) groups excluding carboxylic acids is 1. The van der Waals surface area contributed by atoms with E-state index in [-0.39, 0.29) is 23.4 Å². The van der Waals surface area contributed by atoms with Gasteiger partial charge in [-0.25, -0.2) is 0 Å². The number of rotatable bonds is 5. The van der Waals surface area contributed by atoms with Crippen molar-refractivity contribution in [3.63, 3.8) is 0 Å². The molecule has 2 aliphatic rings. The molecule has 1 aromatic carbocycles. The molecule has 3 heteroatoms. The van der Waals surface area contributed by atoms with E-state index in [1.54, 1.807) is 0 Å². The van der Waals surface area contributed by atoms with Gasteiger partial charge in [0.2, 0.25) is 5.91 Å². The monoisotopic (exact) mass is 324 g/mol. The third-order valence-corrected chi connectivity index (χ3v) is 5.87. The Labute approximate surface area is 145 Å². The van der Waals surface area contributed by atoms with Gasteiger partial charge in [0.05, 0.1) is 17.5 Å². The predicted molar refractivity (Wildman–Crippen MR) is 98.8 cm³/mol. The van der Waals surface area contributed by atoms with Gasteiger partial charge in [0, 0.05) is 13.1 Å². The maximum absolute atomic E-state index is 13.2. The van der Waals surface area contributed by atoms with E-state index in [1.807, 2.05) is 12.2 Å². The summed E-state index contributed by atoms with van der Waals surface area (Å²) in [4.78, 5) is 15.3. The molecule has 2 fully saturated rings. The zero-order valence-corrected chi connectivity index (χ0v) is 14.8. The maximum Gasteiger partial charge on any atom is 0.229 e. The molecule has 3 rings (SSSR count). The lowest BCUT2D eigenvalue weighted by atomic mass is 9.77. The predicted octanol–water partition coefficient (Wildman–Crippen LogP) is 3.69. The van der Waals surface area contributed by atoms with E-state index in [2.05, 4.69) is 55.4 Å². The van der Waals surface area contributed by atoms with Crippen molar-refractivity contribution in [1.82, 2.24) is 10.2 Å². The molecule has 2 saturated heterocycles. The van der Waals surface area contributed by atoms with Crippen molar-refractivity contribution in [3.05, 3.63) is 60.2 Å². The summed E-state index contributed by atoms with van der Waals surface area (Å²) in [6.45, 7) is 13.7. The fourth-order valence-corrected chi connectivity index (χ4v) is 4.50. The molecule has 1 aromatic rings. The van der Waals surface area contributed by atoms with E-state index < -0.39 is 0 Å². The number of fused-ring (bicyclic) bond motifs is 1. The van der Waals surface area contributed by atoms with Crippen LogP contribution in [-0.4, -0.2) is 29.9 Å². The third kappa shape index (κ3) is 2.61. The SMILES string of the molecule is C=CCC1(CC=C)CC2[C@H](c3cccc(C)c3C)NCCN2C1=O. The second-order valence-electron chi connectivity index (χ2n) is 7.26. The first-order valence-corrected chi connectivity index (χ1v) is 8.86. The van der Waals surface area contributed by atoms with Gasteiger partial charge >= 0.3 is 0 Å². The van der Waals surface area contributed by atoms with Crippen molar-refractivity contribution in [1.29, 1.82) is 0 Å². The molecule has 24 heavy (non-hydrogen) atoms. The molecular formula is C21H28N2O. The summed E-state index contributed by atoms with van der Waals surface area (Å²) >= 11 is 0. The minimum atomic E-state index is -0.351. The lowest BCUT2D eigenvalue weighted by Gasteiger charge is -2.38. The van der Waals surface area contributed by atoms with Crippen LogP contribution < -0.4 is 5.32 Å². The standard InChI is InChI=1S/C21H28N2O/c1-5-10-21(11-6-2)14-18-19(22-12-13-23(18)20(21)24)17-9-7-8-15(3)16(17)4/h5-9,18-19,22H,1-2,10-14H2,3-4H3/t18?,19-/m0/s1. The smallest absolute Gasteiger partial charge is 0.229 e. The fraction of sp³-hybridized carbons (Fsp3) is 0.476. The zero-order chi connectivity index (χ0) is 17.3. The Balaban J connectivity index is 1.98. The van der Waals surface area contributed by atoms with Gasteiger partial charge in [-0.1, -0.05) is 30.4 Å². The number of aryl methyl sites for hydroxylation is 1. The number of carbonyl (C=O) groups is 1. The lowest BCUT2D eigenvalue weighted by Crippen LogP contribution is -2.51. The fourth-order valence-electron chi connectivity index (χ4n) is 4.50. The van der Waals surface area contributed by atoms with Crippen LogP contribution in [0.2, 0.25) is 0 Å². The van der Waals surface area contributed by atoms with Crippen molar-refractivity contribution >= 4 is 5.91 Å².